The molecule has 0 saturated carbocycles. The van der Waals surface area contributed by atoms with Crippen molar-refractivity contribution in [3.63, 3.8) is 0 Å². The summed E-state index contributed by atoms with van der Waals surface area (Å²) in [6.07, 6.45) is 2.22. The van der Waals surface area contributed by atoms with E-state index in [2.05, 4.69) is 38.3 Å². The van der Waals surface area contributed by atoms with Gasteiger partial charge in [0.1, 0.15) is 11.8 Å². The first-order valence-electron chi connectivity index (χ1n) is 7.63. The summed E-state index contributed by atoms with van der Waals surface area (Å²) in [7, 11) is 0. The predicted octanol–water partition coefficient (Wildman–Crippen LogP) is 3.30. The zero-order valence-corrected chi connectivity index (χ0v) is 15.8. The number of allylic oxidation sites excluding steroid dienone is 1. The number of rotatable bonds is 6. The Balaban J connectivity index is 2.01. The highest BCUT2D eigenvalue weighted by molar-refractivity contribution is 9.10. The van der Waals surface area contributed by atoms with Crippen molar-refractivity contribution in [2.24, 2.45) is 5.73 Å². The van der Waals surface area contributed by atoms with Gasteiger partial charge in [-0.25, -0.2) is 4.68 Å². The molecule has 9 heteroatoms. The van der Waals surface area contributed by atoms with Crippen LogP contribution in [0, 0.1) is 0 Å². The van der Waals surface area contributed by atoms with Gasteiger partial charge in [0.25, 0.3) is 0 Å². The maximum atomic E-state index is 12.0. The number of fused-ring (bicyclic) bond motifs is 1. The molecule has 2 aromatic rings. The molecule has 7 nitrogen and oxygen atoms in total. The number of aromatic nitrogens is 3. The SMILES string of the molecule is CCCCSc1nc2n(n1)C(c1ccc(Br)o1)C(C(N)=O)=C(C)N2. The van der Waals surface area contributed by atoms with Crippen molar-refractivity contribution in [3.8, 4) is 0 Å². The number of amides is 1. The van der Waals surface area contributed by atoms with Gasteiger partial charge >= 0.3 is 0 Å². The van der Waals surface area contributed by atoms with Crippen LogP contribution in [0.15, 0.2) is 37.6 Å². The van der Waals surface area contributed by atoms with Crippen molar-refractivity contribution in [1.82, 2.24) is 14.8 Å². The maximum Gasteiger partial charge on any atom is 0.249 e. The smallest absolute Gasteiger partial charge is 0.249 e. The molecule has 24 heavy (non-hydrogen) atoms. The fraction of sp³-hybridized carbons (Fsp3) is 0.400. The minimum Gasteiger partial charge on any atom is -0.452 e. The molecule has 3 N–H and O–H groups in total. The summed E-state index contributed by atoms with van der Waals surface area (Å²) in [5.74, 6) is 1.59. The topological polar surface area (TPSA) is 99.0 Å². The highest BCUT2D eigenvalue weighted by atomic mass is 79.9. The molecule has 0 radical (unpaired) electrons. The molecule has 0 saturated heterocycles. The first-order valence-corrected chi connectivity index (χ1v) is 9.41. The molecule has 1 aliphatic heterocycles. The number of halogens is 1. The van der Waals surface area contributed by atoms with Gasteiger partial charge in [-0.3, -0.25) is 4.79 Å². The van der Waals surface area contributed by atoms with Crippen molar-refractivity contribution in [1.29, 1.82) is 0 Å². The van der Waals surface area contributed by atoms with Crippen LogP contribution in [-0.4, -0.2) is 26.4 Å². The third kappa shape index (κ3) is 3.23. The van der Waals surface area contributed by atoms with Gasteiger partial charge in [0.05, 0.1) is 5.57 Å². The lowest BCUT2D eigenvalue weighted by Gasteiger charge is -2.25. The van der Waals surface area contributed by atoms with Crippen molar-refractivity contribution in [2.45, 2.75) is 37.9 Å². The molecule has 2 aromatic heterocycles. The highest BCUT2D eigenvalue weighted by Crippen LogP contribution is 2.37. The molecule has 0 aliphatic carbocycles. The van der Waals surface area contributed by atoms with E-state index in [4.69, 9.17) is 10.2 Å². The van der Waals surface area contributed by atoms with Gasteiger partial charge in [-0.15, -0.1) is 5.10 Å². The second-order valence-corrected chi connectivity index (χ2v) is 7.28. The Kier molecular flexibility index (Phi) is 5.00. The van der Waals surface area contributed by atoms with Crippen molar-refractivity contribution in [3.05, 3.63) is 33.8 Å². The fourth-order valence-electron chi connectivity index (χ4n) is 2.56. The monoisotopic (exact) mass is 411 g/mol. The van der Waals surface area contributed by atoms with E-state index >= 15 is 0 Å². The quantitative estimate of drug-likeness (QED) is 0.558. The molecule has 0 bridgehead atoms. The number of hydrogen-bond acceptors (Lipinski definition) is 6. The number of nitrogens with zero attached hydrogens (tertiary/aromatic N) is 3. The average molecular weight is 412 g/mol. The molecule has 1 aliphatic rings. The van der Waals surface area contributed by atoms with Gasteiger partial charge in [0, 0.05) is 11.4 Å². The van der Waals surface area contributed by atoms with E-state index in [1.54, 1.807) is 35.5 Å². The number of nitrogens with two attached hydrogens (primary N) is 1. The Labute approximate surface area is 152 Å². The summed E-state index contributed by atoms with van der Waals surface area (Å²) in [6.45, 7) is 3.94. The predicted molar refractivity (Wildman–Crippen MR) is 95.7 cm³/mol. The minimum atomic E-state index is -0.530. The Morgan fingerprint density at radius 1 is 1.54 bits per heavy atom. The number of hydrogen-bond donors (Lipinski definition) is 2. The second-order valence-electron chi connectivity index (χ2n) is 5.44. The minimum absolute atomic E-state index is 0.416. The van der Waals surface area contributed by atoms with E-state index in [-0.39, 0.29) is 0 Å². The molecule has 0 aromatic carbocycles. The number of primary amides is 1. The third-order valence-corrected chi connectivity index (χ3v) is 5.04. The largest absolute Gasteiger partial charge is 0.452 e. The van der Waals surface area contributed by atoms with Crippen LogP contribution in [-0.2, 0) is 4.79 Å². The van der Waals surface area contributed by atoms with Gasteiger partial charge in [-0.05, 0) is 41.4 Å². The van der Waals surface area contributed by atoms with Gasteiger partial charge in [0.2, 0.25) is 17.0 Å². The number of carbonyl (C=O) groups is 1. The zero-order chi connectivity index (χ0) is 17.3. The van der Waals surface area contributed by atoms with Crippen LogP contribution in [0.25, 0.3) is 0 Å². The van der Waals surface area contributed by atoms with E-state index in [1.807, 2.05) is 0 Å². The van der Waals surface area contributed by atoms with Crippen LogP contribution >= 0.6 is 27.7 Å². The van der Waals surface area contributed by atoms with Crippen LogP contribution < -0.4 is 11.1 Å². The standard InChI is InChI=1S/C15H18BrN5O2S/c1-3-4-7-24-15-19-14-18-8(2)11(13(17)22)12(21(14)20-15)9-5-6-10(16)23-9/h5-6,12H,3-4,7H2,1-2H3,(H2,17,22)(H,18,19,20). The average Bonchev–Trinajstić information content (AvgIpc) is 3.11. The number of carbonyl (C=O) groups excluding carboxylic acids is 1. The number of unbranched alkanes of at least 4 members (excludes halogenated alkanes) is 1. The van der Waals surface area contributed by atoms with E-state index in [1.165, 1.54) is 0 Å². The van der Waals surface area contributed by atoms with Gasteiger partial charge in [0.15, 0.2) is 4.67 Å². The van der Waals surface area contributed by atoms with Crippen LogP contribution in [0.1, 0.15) is 38.5 Å². The summed E-state index contributed by atoms with van der Waals surface area (Å²) in [6, 6.07) is 3.04. The molecule has 1 amide bonds. The molecule has 1 atom stereocenters. The molecule has 1 unspecified atom stereocenters. The lowest BCUT2D eigenvalue weighted by molar-refractivity contribution is -0.115. The molecule has 0 spiro atoms. The Morgan fingerprint density at radius 2 is 2.33 bits per heavy atom. The van der Waals surface area contributed by atoms with Gasteiger partial charge in [-0.2, -0.15) is 4.98 Å². The summed E-state index contributed by atoms with van der Waals surface area (Å²) in [4.78, 5) is 16.5. The van der Waals surface area contributed by atoms with Crippen LogP contribution in [0.4, 0.5) is 5.95 Å². The lowest BCUT2D eigenvalue weighted by Crippen LogP contribution is -2.31. The summed E-state index contributed by atoms with van der Waals surface area (Å²) in [5.41, 5.74) is 6.67. The summed E-state index contributed by atoms with van der Waals surface area (Å²) < 4.78 is 7.91. The molecule has 128 valence electrons. The first-order chi connectivity index (χ1) is 11.5. The fourth-order valence-corrected chi connectivity index (χ4v) is 3.79. The molecule has 0 fully saturated rings. The normalized spacial score (nSPS) is 16.9. The van der Waals surface area contributed by atoms with Crippen LogP contribution in [0.5, 0.6) is 0 Å². The number of thioether (sulfide) groups is 1. The van der Waals surface area contributed by atoms with E-state index < -0.39 is 11.9 Å². The zero-order valence-electron chi connectivity index (χ0n) is 13.4. The van der Waals surface area contributed by atoms with E-state index in [0.29, 0.717) is 32.8 Å². The van der Waals surface area contributed by atoms with Crippen molar-refractivity contribution < 1.29 is 9.21 Å². The maximum absolute atomic E-state index is 12.0. The lowest BCUT2D eigenvalue weighted by atomic mass is 10.0. The molecule has 3 heterocycles. The van der Waals surface area contributed by atoms with Crippen molar-refractivity contribution in [2.75, 3.05) is 11.1 Å². The Hall–Kier alpha value is -1.74. The summed E-state index contributed by atoms with van der Waals surface area (Å²) >= 11 is 4.89. The molecular formula is C15H18BrN5O2S. The van der Waals surface area contributed by atoms with Crippen molar-refractivity contribution >= 4 is 39.5 Å². The Bertz CT molecular complexity index is 798. The number of anilines is 1. The number of nitrogens with one attached hydrogen (secondary N) is 1. The second kappa shape index (κ2) is 7.02. The van der Waals surface area contributed by atoms with E-state index in [0.717, 1.165) is 18.6 Å². The number of furan rings is 1. The molecular weight excluding hydrogens is 394 g/mol. The van der Waals surface area contributed by atoms with Gasteiger partial charge in [-0.1, -0.05) is 25.1 Å². The highest BCUT2D eigenvalue weighted by Gasteiger charge is 2.35. The third-order valence-electron chi connectivity index (χ3n) is 3.69. The van der Waals surface area contributed by atoms with E-state index in [9.17, 15) is 4.79 Å². The van der Waals surface area contributed by atoms with Crippen LogP contribution in [0.3, 0.4) is 0 Å². The molecule has 3 rings (SSSR count). The Morgan fingerprint density at radius 3 is 2.96 bits per heavy atom. The first kappa shape index (κ1) is 17.1. The van der Waals surface area contributed by atoms with Gasteiger partial charge < -0.3 is 15.5 Å². The van der Waals surface area contributed by atoms with Crippen LogP contribution in [0.2, 0.25) is 0 Å². The summed E-state index contributed by atoms with van der Waals surface area (Å²) in [5, 5.41) is 8.32.